The quantitative estimate of drug-likeness (QED) is 0.560. The monoisotopic (exact) mass is 212 g/mol. The van der Waals surface area contributed by atoms with Gasteiger partial charge in [0.15, 0.2) is 0 Å². The van der Waals surface area contributed by atoms with Crippen LogP contribution in [0.3, 0.4) is 0 Å². The van der Waals surface area contributed by atoms with Crippen molar-refractivity contribution in [3.05, 3.63) is 0 Å². The van der Waals surface area contributed by atoms with Crippen LogP contribution < -0.4 is 5.32 Å². The summed E-state index contributed by atoms with van der Waals surface area (Å²) in [5.41, 5.74) is 0. The molecular formula is C13H28N2. The van der Waals surface area contributed by atoms with Crippen LogP contribution in [-0.2, 0) is 0 Å². The third-order valence-electron chi connectivity index (χ3n) is 3.25. The summed E-state index contributed by atoms with van der Waals surface area (Å²) in [6.45, 7) is 9.40. The Morgan fingerprint density at radius 1 is 1.07 bits per heavy atom. The summed E-state index contributed by atoms with van der Waals surface area (Å²) in [5, 5.41) is 3.55. The van der Waals surface area contributed by atoms with Gasteiger partial charge in [0.1, 0.15) is 0 Å². The largest absolute Gasteiger partial charge is 0.315 e. The highest BCUT2D eigenvalue weighted by Crippen LogP contribution is 2.25. The summed E-state index contributed by atoms with van der Waals surface area (Å²) in [5.74, 6) is 0. The van der Waals surface area contributed by atoms with Crippen LogP contribution in [0.25, 0.3) is 0 Å². The van der Waals surface area contributed by atoms with Gasteiger partial charge in [-0.25, -0.2) is 0 Å². The van der Waals surface area contributed by atoms with Crippen LogP contribution in [0.4, 0.5) is 0 Å². The van der Waals surface area contributed by atoms with Gasteiger partial charge in [0.2, 0.25) is 0 Å². The van der Waals surface area contributed by atoms with Crippen molar-refractivity contribution in [3.63, 3.8) is 0 Å². The normalized spacial score (nSPS) is 16.2. The molecule has 1 aliphatic rings. The number of nitrogens with one attached hydrogen (secondary N) is 1. The minimum atomic E-state index is 0.928. The van der Waals surface area contributed by atoms with Gasteiger partial charge in [-0.15, -0.1) is 0 Å². The van der Waals surface area contributed by atoms with Gasteiger partial charge in [-0.1, -0.05) is 33.1 Å². The molecule has 0 saturated heterocycles. The van der Waals surface area contributed by atoms with Crippen LogP contribution in [0.5, 0.6) is 0 Å². The van der Waals surface area contributed by atoms with E-state index in [1.54, 1.807) is 0 Å². The maximum atomic E-state index is 3.55. The van der Waals surface area contributed by atoms with E-state index in [1.165, 1.54) is 64.7 Å². The summed E-state index contributed by atoms with van der Waals surface area (Å²) in [6, 6.07) is 0.928. The molecule has 0 bridgehead atoms. The first-order valence-corrected chi connectivity index (χ1v) is 6.83. The van der Waals surface area contributed by atoms with E-state index < -0.39 is 0 Å². The van der Waals surface area contributed by atoms with Crippen molar-refractivity contribution in [3.8, 4) is 0 Å². The second-order valence-electron chi connectivity index (χ2n) is 4.67. The van der Waals surface area contributed by atoms with E-state index in [4.69, 9.17) is 0 Å². The fourth-order valence-electron chi connectivity index (χ4n) is 2.06. The molecule has 0 aromatic carbocycles. The zero-order chi connectivity index (χ0) is 10.9. The summed E-state index contributed by atoms with van der Waals surface area (Å²) < 4.78 is 0. The molecule has 1 N–H and O–H groups in total. The van der Waals surface area contributed by atoms with E-state index in [9.17, 15) is 0 Å². The fraction of sp³-hybridized carbons (Fsp3) is 1.00. The van der Waals surface area contributed by atoms with E-state index in [0.29, 0.717) is 0 Å². The predicted octanol–water partition coefficient (Wildman–Crippen LogP) is 2.64. The number of rotatable bonds is 10. The Morgan fingerprint density at radius 2 is 1.87 bits per heavy atom. The molecular weight excluding hydrogens is 184 g/mol. The second kappa shape index (κ2) is 8.12. The maximum absolute atomic E-state index is 3.55. The van der Waals surface area contributed by atoms with Crippen LogP contribution in [0.15, 0.2) is 0 Å². The van der Waals surface area contributed by atoms with Crippen LogP contribution >= 0.6 is 0 Å². The van der Waals surface area contributed by atoms with Gasteiger partial charge < -0.3 is 5.32 Å². The van der Waals surface area contributed by atoms with Gasteiger partial charge in [0, 0.05) is 19.1 Å². The fourth-order valence-corrected chi connectivity index (χ4v) is 2.06. The van der Waals surface area contributed by atoms with Gasteiger partial charge in [0.05, 0.1) is 0 Å². The van der Waals surface area contributed by atoms with Crippen molar-refractivity contribution in [2.75, 3.05) is 26.2 Å². The second-order valence-corrected chi connectivity index (χ2v) is 4.67. The molecule has 0 atom stereocenters. The lowest BCUT2D eigenvalue weighted by atomic mass is 10.2. The van der Waals surface area contributed by atoms with Gasteiger partial charge >= 0.3 is 0 Å². The Kier molecular flexibility index (Phi) is 7.03. The molecule has 0 aromatic heterocycles. The van der Waals surface area contributed by atoms with Gasteiger partial charge in [-0.3, -0.25) is 4.90 Å². The summed E-state index contributed by atoms with van der Waals surface area (Å²) in [4.78, 5) is 2.61. The lowest BCUT2D eigenvalue weighted by molar-refractivity contribution is 0.277. The molecule has 1 aliphatic carbocycles. The lowest BCUT2D eigenvalue weighted by Gasteiger charge is -2.19. The van der Waals surface area contributed by atoms with E-state index in [2.05, 4.69) is 24.1 Å². The number of hydrogen-bond donors (Lipinski definition) is 1. The summed E-state index contributed by atoms with van der Waals surface area (Å²) >= 11 is 0. The smallest absolute Gasteiger partial charge is 0.0110 e. The Bertz CT molecular complexity index is 143. The van der Waals surface area contributed by atoms with E-state index in [-0.39, 0.29) is 0 Å². The molecule has 0 aliphatic heterocycles. The first-order valence-electron chi connectivity index (χ1n) is 6.83. The Balaban J connectivity index is 1.83. The topological polar surface area (TPSA) is 15.3 Å². The van der Waals surface area contributed by atoms with Crippen molar-refractivity contribution < 1.29 is 0 Å². The molecule has 90 valence electrons. The number of unbranched alkanes of at least 4 members (excludes halogenated alkanes) is 3. The first-order chi connectivity index (χ1) is 7.38. The first kappa shape index (κ1) is 13.0. The molecule has 1 rings (SSSR count). The zero-order valence-corrected chi connectivity index (χ0v) is 10.6. The molecule has 1 fully saturated rings. The number of hydrogen-bond acceptors (Lipinski definition) is 2. The molecule has 0 radical (unpaired) electrons. The minimum absolute atomic E-state index is 0.928. The third kappa shape index (κ3) is 6.16. The molecule has 0 spiro atoms. The van der Waals surface area contributed by atoms with Gasteiger partial charge in [-0.05, 0) is 32.4 Å². The molecule has 2 heteroatoms. The molecule has 2 nitrogen and oxygen atoms in total. The standard InChI is InChI=1S/C13H28N2/c1-3-5-6-7-10-14-11-12-15(4-2)13-8-9-13/h13-14H,3-12H2,1-2H3. The van der Waals surface area contributed by atoms with Crippen molar-refractivity contribution in [1.82, 2.24) is 10.2 Å². The Morgan fingerprint density at radius 3 is 2.47 bits per heavy atom. The molecule has 0 unspecified atom stereocenters. The highest BCUT2D eigenvalue weighted by atomic mass is 15.2. The SMILES string of the molecule is CCCCCCNCCN(CC)C1CC1. The lowest BCUT2D eigenvalue weighted by Crippen LogP contribution is -2.33. The summed E-state index contributed by atoms with van der Waals surface area (Å²) in [6.07, 6.45) is 8.35. The van der Waals surface area contributed by atoms with Crippen LogP contribution in [0, 0.1) is 0 Å². The van der Waals surface area contributed by atoms with Crippen LogP contribution in [-0.4, -0.2) is 37.1 Å². The molecule has 0 amide bonds. The average Bonchev–Trinajstić information content (AvgIpc) is 3.06. The zero-order valence-electron chi connectivity index (χ0n) is 10.6. The van der Waals surface area contributed by atoms with Crippen molar-refractivity contribution in [2.24, 2.45) is 0 Å². The molecule has 0 aromatic rings. The van der Waals surface area contributed by atoms with E-state index >= 15 is 0 Å². The molecule has 1 saturated carbocycles. The number of likely N-dealkylation sites (N-methyl/N-ethyl adjacent to an activating group) is 1. The maximum Gasteiger partial charge on any atom is 0.0110 e. The highest BCUT2D eigenvalue weighted by Gasteiger charge is 2.26. The number of nitrogens with zero attached hydrogens (tertiary/aromatic N) is 1. The Labute approximate surface area is 95.4 Å². The molecule has 15 heavy (non-hydrogen) atoms. The van der Waals surface area contributed by atoms with Crippen molar-refractivity contribution >= 4 is 0 Å². The van der Waals surface area contributed by atoms with Crippen LogP contribution in [0.2, 0.25) is 0 Å². The molecule has 0 heterocycles. The van der Waals surface area contributed by atoms with Crippen molar-refractivity contribution in [2.45, 2.75) is 58.4 Å². The highest BCUT2D eigenvalue weighted by molar-refractivity contribution is 4.83. The van der Waals surface area contributed by atoms with E-state index in [0.717, 1.165) is 6.04 Å². The van der Waals surface area contributed by atoms with Crippen LogP contribution in [0.1, 0.15) is 52.4 Å². The van der Waals surface area contributed by atoms with Gasteiger partial charge in [0.25, 0.3) is 0 Å². The van der Waals surface area contributed by atoms with Crippen molar-refractivity contribution in [1.29, 1.82) is 0 Å². The Hall–Kier alpha value is -0.0800. The third-order valence-corrected chi connectivity index (χ3v) is 3.25. The summed E-state index contributed by atoms with van der Waals surface area (Å²) in [7, 11) is 0. The minimum Gasteiger partial charge on any atom is -0.315 e. The predicted molar refractivity (Wildman–Crippen MR) is 67.3 cm³/mol. The van der Waals surface area contributed by atoms with Gasteiger partial charge in [-0.2, -0.15) is 0 Å². The van der Waals surface area contributed by atoms with E-state index in [1.807, 2.05) is 0 Å². The average molecular weight is 212 g/mol.